The Kier molecular flexibility index (Phi) is 3.82. The van der Waals surface area contributed by atoms with E-state index in [1.165, 1.54) is 6.92 Å². The van der Waals surface area contributed by atoms with Crippen molar-refractivity contribution in [3.63, 3.8) is 0 Å². The van der Waals surface area contributed by atoms with Gasteiger partial charge in [0.1, 0.15) is 18.3 Å². The highest BCUT2D eigenvalue weighted by atomic mass is 16.5. The van der Waals surface area contributed by atoms with E-state index < -0.39 is 24.4 Å². The Hall–Kier alpha value is -0.690. The molecule has 1 heterocycles. The van der Waals surface area contributed by atoms with Crippen LogP contribution in [0.3, 0.4) is 0 Å². The van der Waals surface area contributed by atoms with Gasteiger partial charge in [0.05, 0.1) is 19.3 Å². The fraction of sp³-hybridized carbons (Fsp3) is 0.875. The van der Waals surface area contributed by atoms with E-state index in [1.54, 1.807) is 0 Å². The molecule has 4 atom stereocenters. The molecule has 0 saturated carbocycles. The van der Waals surface area contributed by atoms with Crippen LogP contribution in [0, 0.1) is 0 Å². The number of hydrogen-bond acceptors (Lipinski definition) is 5. The summed E-state index contributed by atoms with van der Waals surface area (Å²) < 4.78 is 5.05. The molecule has 0 aromatic carbocycles. The second kappa shape index (κ2) is 4.70. The van der Waals surface area contributed by atoms with Gasteiger partial charge < -0.3 is 25.4 Å². The number of carbonyl (C=O) groups is 1. The van der Waals surface area contributed by atoms with Gasteiger partial charge in [-0.05, 0) is 0 Å². The summed E-state index contributed by atoms with van der Waals surface area (Å²) >= 11 is 0. The third-order valence-electron chi connectivity index (χ3n) is 2.20. The molecule has 6 nitrogen and oxygen atoms in total. The van der Waals surface area contributed by atoms with Crippen molar-refractivity contribution < 1.29 is 24.9 Å². The van der Waals surface area contributed by atoms with E-state index in [1.807, 2.05) is 0 Å². The number of amides is 1. The smallest absolute Gasteiger partial charge is 0.217 e. The minimum absolute atomic E-state index is 0.0863. The van der Waals surface area contributed by atoms with E-state index in [2.05, 4.69) is 5.32 Å². The minimum Gasteiger partial charge on any atom is -0.394 e. The van der Waals surface area contributed by atoms with E-state index in [0.29, 0.717) is 0 Å². The van der Waals surface area contributed by atoms with Crippen LogP contribution in [0.15, 0.2) is 0 Å². The normalized spacial score (nSPS) is 38.0. The van der Waals surface area contributed by atoms with E-state index in [0.717, 1.165) is 0 Å². The predicted molar refractivity (Wildman–Crippen MR) is 46.4 cm³/mol. The summed E-state index contributed by atoms with van der Waals surface area (Å²) in [6.45, 7) is 1.05. The molecule has 4 N–H and O–H groups in total. The van der Waals surface area contributed by atoms with Crippen molar-refractivity contribution in [2.45, 2.75) is 31.3 Å². The Balaban J connectivity index is 2.54. The van der Waals surface area contributed by atoms with Gasteiger partial charge in [-0.25, -0.2) is 0 Å². The predicted octanol–water partition coefficient (Wildman–Crippen LogP) is -2.40. The maximum absolute atomic E-state index is 10.7. The highest BCUT2D eigenvalue weighted by Gasteiger charge is 2.38. The average Bonchev–Trinajstić information content (AvgIpc) is 2.13. The highest BCUT2D eigenvalue weighted by Crippen LogP contribution is 2.14. The summed E-state index contributed by atoms with van der Waals surface area (Å²) in [4.78, 5) is 10.7. The van der Waals surface area contributed by atoms with Gasteiger partial charge in [-0.1, -0.05) is 0 Å². The van der Waals surface area contributed by atoms with Gasteiger partial charge >= 0.3 is 0 Å². The van der Waals surface area contributed by atoms with Gasteiger partial charge in [0, 0.05) is 6.92 Å². The molecule has 0 bridgehead atoms. The third-order valence-corrected chi connectivity index (χ3v) is 2.20. The number of nitrogens with one attached hydrogen (secondary N) is 1. The topological polar surface area (TPSA) is 99.0 Å². The Morgan fingerprint density at radius 1 is 1.50 bits per heavy atom. The lowest BCUT2D eigenvalue weighted by Crippen LogP contribution is -2.59. The summed E-state index contributed by atoms with van der Waals surface area (Å²) in [7, 11) is 0. The van der Waals surface area contributed by atoms with Crippen molar-refractivity contribution in [1.82, 2.24) is 5.32 Å². The maximum Gasteiger partial charge on any atom is 0.217 e. The van der Waals surface area contributed by atoms with Crippen LogP contribution in [0.4, 0.5) is 0 Å². The van der Waals surface area contributed by atoms with Crippen LogP contribution in [0.2, 0.25) is 0 Å². The van der Waals surface area contributed by atoms with Crippen molar-refractivity contribution >= 4 is 5.91 Å². The second-order valence-corrected chi connectivity index (χ2v) is 3.34. The molecular formula is C8H15NO5. The number of aliphatic hydroxyl groups excluding tert-OH is 3. The Morgan fingerprint density at radius 3 is 2.64 bits per heavy atom. The molecule has 1 aliphatic heterocycles. The fourth-order valence-corrected chi connectivity index (χ4v) is 1.43. The SMILES string of the molecule is CC(=O)N[C@H]1COC(CO)[C@H](O)[C@@H]1O. The molecule has 1 amide bonds. The van der Waals surface area contributed by atoms with Crippen LogP contribution >= 0.6 is 0 Å². The second-order valence-electron chi connectivity index (χ2n) is 3.34. The number of aliphatic hydroxyl groups is 3. The molecule has 1 fully saturated rings. The van der Waals surface area contributed by atoms with Crippen LogP contribution in [-0.2, 0) is 9.53 Å². The van der Waals surface area contributed by atoms with Gasteiger partial charge in [-0.3, -0.25) is 4.79 Å². The molecular weight excluding hydrogens is 190 g/mol. The zero-order chi connectivity index (χ0) is 10.7. The largest absolute Gasteiger partial charge is 0.394 e. The lowest BCUT2D eigenvalue weighted by Gasteiger charge is -2.36. The summed E-state index contributed by atoms with van der Waals surface area (Å²) in [5.41, 5.74) is 0. The fourth-order valence-electron chi connectivity index (χ4n) is 1.43. The van der Waals surface area contributed by atoms with Crippen LogP contribution in [-0.4, -0.2) is 58.8 Å². The zero-order valence-electron chi connectivity index (χ0n) is 7.88. The minimum atomic E-state index is -1.18. The van der Waals surface area contributed by atoms with E-state index in [9.17, 15) is 15.0 Å². The van der Waals surface area contributed by atoms with Gasteiger partial charge in [0.25, 0.3) is 0 Å². The molecule has 1 saturated heterocycles. The number of rotatable bonds is 2. The van der Waals surface area contributed by atoms with Gasteiger partial charge in [0.15, 0.2) is 0 Å². The molecule has 0 aromatic heterocycles. The first kappa shape index (κ1) is 11.4. The first-order valence-electron chi connectivity index (χ1n) is 4.42. The standard InChI is InChI=1S/C8H15NO5/c1-4(11)9-5-3-14-6(2-10)8(13)7(5)12/h5-8,10,12-13H,2-3H2,1H3,(H,9,11)/t5-,6?,7+,8-/m0/s1. The summed E-state index contributed by atoms with van der Waals surface area (Å²) in [5.74, 6) is -0.299. The monoisotopic (exact) mass is 205 g/mol. The zero-order valence-corrected chi connectivity index (χ0v) is 7.88. The molecule has 0 aliphatic carbocycles. The lowest BCUT2D eigenvalue weighted by molar-refractivity contribution is -0.164. The maximum atomic E-state index is 10.7. The quantitative estimate of drug-likeness (QED) is 0.403. The van der Waals surface area contributed by atoms with Crippen LogP contribution < -0.4 is 5.32 Å². The van der Waals surface area contributed by atoms with E-state index in [4.69, 9.17) is 9.84 Å². The molecule has 1 aliphatic rings. The molecule has 0 aromatic rings. The molecule has 14 heavy (non-hydrogen) atoms. The average molecular weight is 205 g/mol. The molecule has 0 radical (unpaired) electrons. The summed E-state index contributed by atoms with van der Waals surface area (Å²) in [6, 6.07) is -0.620. The molecule has 1 unspecified atom stereocenters. The first-order chi connectivity index (χ1) is 6.56. The van der Waals surface area contributed by atoms with E-state index >= 15 is 0 Å². The summed E-state index contributed by atoms with van der Waals surface area (Å²) in [6.07, 6.45) is -3.06. The van der Waals surface area contributed by atoms with Gasteiger partial charge in [-0.2, -0.15) is 0 Å². The Morgan fingerprint density at radius 2 is 2.14 bits per heavy atom. The number of carbonyl (C=O) groups excluding carboxylic acids is 1. The van der Waals surface area contributed by atoms with Crippen molar-refractivity contribution in [2.75, 3.05) is 13.2 Å². The first-order valence-corrected chi connectivity index (χ1v) is 4.42. The summed E-state index contributed by atoms with van der Waals surface area (Å²) in [5, 5.41) is 30.2. The number of ether oxygens (including phenoxy) is 1. The van der Waals surface area contributed by atoms with Gasteiger partial charge in [-0.15, -0.1) is 0 Å². The van der Waals surface area contributed by atoms with Crippen LogP contribution in [0.25, 0.3) is 0 Å². The van der Waals surface area contributed by atoms with Gasteiger partial charge in [0.2, 0.25) is 5.91 Å². The molecule has 1 rings (SSSR count). The molecule has 0 spiro atoms. The van der Waals surface area contributed by atoms with Crippen LogP contribution in [0.1, 0.15) is 6.92 Å². The highest BCUT2D eigenvalue weighted by molar-refractivity contribution is 5.73. The number of hydrogen-bond donors (Lipinski definition) is 4. The third kappa shape index (κ3) is 2.42. The Bertz CT molecular complexity index is 210. The van der Waals surface area contributed by atoms with Crippen molar-refractivity contribution in [3.8, 4) is 0 Å². The Labute approximate surface area is 81.5 Å². The van der Waals surface area contributed by atoms with Crippen LogP contribution in [0.5, 0.6) is 0 Å². The molecule has 6 heteroatoms. The van der Waals surface area contributed by atoms with Crippen molar-refractivity contribution in [1.29, 1.82) is 0 Å². The molecule has 82 valence electrons. The lowest BCUT2D eigenvalue weighted by atomic mass is 9.98. The van der Waals surface area contributed by atoms with E-state index in [-0.39, 0.29) is 19.1 Å². The van der Waals surface area contributed by atoms with Crippen molar-refractivity contribution in [2.24, 2.45) is 0 Å². The van der Waals surface area contributed by atoms with Crippen molar-refractivity contribution in [3.05, 3.63) is 0 Å².